The van der Waals surface area contributed by atoms with Crippen LogP contribution in [0.25, 0.3) is 11.1 Å². The van der Waals surface area contributed by atoms with Gasteiger partial charge in [0.2, 0.25) is 0 Å². The van der Waals surface area contributed by atoms with E-state index in [-0.39, 0.29) is 5.92 Å². The maximum absolute atomic E-state index is 11.4. The van der Waals surface area contributed by atoms with E-state index in [1.807, 2.05) is 18.2 Å². The molecule has 0 fully saturated rings. The molecule has 1 aliphatic heterocycles. The van der Waals surface area contributed by atoms with Crippen molar-refractivity contribution in [3.8, 4) is 22.9 Å². The Hall–Kier alpha value is -3.65. The van der Waals surface area contributed by atoms with Crippen LogP contribution in [0.4, 0.5) is 0 Å². The van der Waals surface area contributed by atoms with E-state index < -0.39 is 5.97 Å². The minimum atomic E-state index is -0.924. The summed E-state index contributed by atoms with van der Waals surface area (Å²) in [4.78, 5) is 15.4. The number of hydrogen-bond donors (Lipinski definition) is 1. The van der Waals surface area contributed by atoms with Gasteiger partial charge in [0.05, 0.1) is 23.8 Å². The van der Waals surface area contributed by atoms with E-state index in [1.165, 1.54) is 6.20 Å². The van der Waals surface area contributed by atoms with Gasteiger partial charge in [-0.2, -0.15) is 5.26 Å². The van der Waals surface area contributed by atoms with Gasteiger partial charge in [0.25, 0.3) is 0 Å². The van der Waals surface area contributed by atoms with Gasteiger partial charge in [0, 0.05) is 23.9 Å². The Morgan fingerprint density at radius 2 is 1.96 bits per heavy atom. The van der Waals surface area contributed by atoms with E-state index in [0.717, 1.165) is 34.4 Å². The largest absolute Gasteiger partial charge is 0.493 e. The third-order valence-electron chi connectivity index (χ3n) is 5.14. The Bertz CT molecular complexity index is 1070. The van der Waals surface area contributed by atoms with Crippen molar-refractivity contribution in [1.29, 1.82) is 5.26 Å². The summed E-state index contributed by atoms with van der Waals surface area (Å²) in [5.74, 6) is 0.177. The third-order valence-corrected chi connectivity index (χ3v) is 5.14. The number of nitriles is 1. The van der Waals surface area contributed by atoms with Crippen LogP contribution in [0.3, 0.4) is 0 Å². The second kappa shape index (κ2) is 7.53. The van der Waals surface area contributed by atoms with Gasteiger partial charge >= 0.3 is 5.97 Å². The van der Waals surface area contributed by atoms with Crippen LogP contribution in [0, 0.1) is 11.3 Å². The molecule has 0 saturated heterocycles. The summed E-state index contributed by atoms with van der Waals surface area (Å²) < 4.78 is 5.90. The smallest absolute Gasteiger partial charge is 0.336 e. The van der Waals surface area contributed by atoms with E-state index in [4.69, 9.17) is 10.00 Å². The highest BCUT2D eigenvalue weighted by molar-refractivity contribution is 5.89. The predicted octanol–water partition coefficient (Wildman–Crippen LogP) is 4.43. The van der Waals surface area contributed by atoms with Crippen LogP contribution in [-0.4, -0.2) is 22.7 Å². The monoisotopic (exact) mass is 370 g/mol. The maximum Gasteiger partial charge on any atom is 0.336 e. The molecule has 0 bridgehead atoms. The molecular weight excluding hydrogens is 352 g/mol. The fourth-order valence-corrected chi connectivity index (χ4v) is 3.60. The number of nitrogens with zero attached hydrogens (tertiary/aromatic N) is 2. The number of hydrogen-bond acceptors (Lipinski definition) is 4. The molecule has 1 atom stereocenters. The number of rotatable bonds is 5. The molecule has 0 saturated carbocycles. The van der Waals surface area contributed by atoms with Crippen molar-refractivity contribution < 1.29 is 14.6 Å². The van der Waals surface area contributed by atoms with E-state index in [0.29, 0.717) is 24.2 Å². The Labute approximate surface area is 162 Å². The summed E-state index contributed by atoms with van der Waals surface area (Å²) in [6, 6.07) is 17.3. The van der Waals surface area contributed by atoms with E-state index in [2.05, 4.69) is 23.2 Å². The van der Waals surface area contributed by atoms with Crippen LogP contribution in [0.1, 0.15) is 39.4 Å². The Kier molecular flexibility index (Phi) is 4.77. The van der Waals surface area contributed by atoms with Gasteiger partial charge in [-0.1, -0.05) is 24.3 Å². The number of carboxylic acids is 1. The fourth-order valence-electron chi connectivity index (χ4n) is 3.60. The molecule has 2 heterocycles. The van der Waals surface area contributed by atoms with Gasteiger partial charge in [0.1, 0.15) is 5.75 Å². The summed E-state index contributed by atoms with van der Waals surface area (Å²) in [5, 5.41) is 18.2. The van der Waals surface area contributed by atoms with Crippen molar-refractivity contribution in [3.63, 3.8) is 0 Å². The van der Waals surface area contributed by atoms with Gasteiger partial charge in [0.15, 0.2) is 0 Å². The number of fused-ring (bicyclic) bond motifs is 1. The summed E-state index contributed by atoms with van der Waals surface area (Å²) in [6.07, 6.45) is 4.58. The van der Waals surface area contributed by atoms with Crippen LogP contribution in [0.15, 0.2) is 60.9 Å². The maximum atomic E-state index is 11.4. The molecule has 2 aromatic carbocycles. The Morgan fingerprint density at radius 3 is 2.71 bits per heavy atom. The average Bonchev–Trinajstić information content (AvgIpc) is 3.14. The molecule has 0 amide bonds. The minimum Gasteiger partial charge on any atom is -0.493 e. The van der Waals surface area contributed by atoms with Crippen molar-refractivity contribution in [2.24, 2.45) is 0 Å². The second-order valence-corrected chi connectivity index (χ2v) is 6.83. The third kappa shape index (κ3) is 3.45. The highest BCUT2D eigenvalue weighted by Gasteiger charge is 2.25. The molecule has 5 nitrogen and oxygen atoms in total. The first-order valence-corrected chi connectivity index (χ1v) is 9.09. The minimum absolute atomic E-state index is 0.229. The second-order valence-electron chi connectivity index (χ2n) is 6.83. The van der Waals surface area contributed by atoms with E-state index >= 15 is 0 Å². The molecule has 1 N–H and O–H groups in total. The summed E-state index contributed by atoms with van der Waals surface area (Å²) >= 11 is 0. The van der Waals surface area contributed by atoms with E-state index in [9.17, 15) is 9.90 Å². The summed E-state index contributed by atoms with van der Waals surface area (Å²) in [7, 11) is 0. The summed E-state index contributed by atoms with van der Waals surface area (Å²) in [5.41, 5.74) is 4.93. The molecule has 28 heavy (non-hydrogen) atoms. The van der Waals surface area contributed by atoms with Crippen LogP contribution < -0.4 is 4.74 Å². The number of benzene rings is 2. The topological polar surface area (TPSA) is 83.2 Å². The zero-order valence-electron chi connectivity index (χ0n) is 15.1. The van der Waals surface area contributed by atoms with Crippen molar-refractivity contribution in [2.75, 3.05) is 6.61 Å². The first-order chi connectivity index (χ1) is 13.7. The molecule has 0 spiro atoms. The van der Waals surface area contributed by atoms with Crippen LogP contribution in [-0.2, 0) is 6.42 Å². The lowest BCUT2D eigenvalue weighted by Crippen LogP contribution is -2.07. The molecule has 0 unspecified atom stereocenters. The first kappa shape index (κ1) is 17.7. The highest BCUT2D eigenvalue weighted by atomic mass is 16.5. The number of aromatic nitrogens is 1. The van der Waals surface area contributed by atoms with Crippen LogP contribution in [0.2, 0.25) is 0 Å². The highest BCUT2D eigenvalue weighted by Crippen LogP contribution is 2.39. The number of carboxylic acid groups (broad SMARTS) is 1. The quantitative estimate of drug-likeness (QED) is 0.718. The van der Waals surface area contributed by atoms with Gasteiger partial charge < -0.3 is 9.84 Å². The van der Waals surface area contributed by atoms with Crippen molar-refractivity contribution >= 4 is 5.97 Å². The van der Waals surface area contributed by atoms with Gasteiger partial charge in [-0.05, 0) is 53.8 Å². The molecule has 1 aromatic heterocycles. The summed E-state index contributed by atoms with van der Waals surface area (Å²) in [6.45, 7) is 0.592. The number of carbonyl (C=O) groups is 1. The molecule has 0 aliphatic carbocycles. The number of aromatic carboxylic acids is 1. The molecule has 138 valence electrons. The molecule has 0 radical (unpaired) electrons. The Balaban J connectivity index is 1.51. The zero-order valence-corrected chi connectivity index (χ0v) is 15.1. The predicted molar refractivity (Wildman–Crippen MR) is 104 cm³/mol. The van der Waals surface area contributed by atoms with E-state index in [1.54, 1.807) is 24.4 Å². The molecule has 3 aromatic rings. The molecular formula is C23H18N2O3. The zero-order chi connectivity index (χ0) is 19.5. The lowest BCUT2D eigenvalue weighted by atomic mass is 9.92. The molecule has 5 heteroatoms. The first-order valence-electron chi connectivity index (χ1n) is 9.09. The van der Waals surface area contributed by atoms with Crippen molar-refractivity contribution in [2.45, 2.75) is 18.8 Å². The van der Waals surface area contributed by atoms with Crippen LogP contribution in [0.5, 0.6) is 5.75 Å². The number of pyridine rings is 1. The standard InChI is InChI=1S/C23H18N2O3/c24-12-15-1-3-16(4-2-15)17-7-8-20-19(14-28-22(20)11-17)6-5-18-13-25-10-9-21(18)23(26)27/h1-4,7-11,13,19H,5-6,14H2,(H,26,27)/t19-/m0/s1. The SMILES string of the molecule is N#Cc1ccc(-c2ccc3c(c2)OC[C@@H]3CCc2cnccc2C(=O)O)cc1. The normalized spacial score (nSPS) is 14.8. The lowest BCUT2D eigenvalue weighted by molar-refractivity contribution is 0.0695. The average molecular weight is 370 g/mol. The van der Waals surface area contributed by atoms with Crippen molar-refractivity contribution in [3.05, 3.63) is 83.2 Å². The van der Waals surface area contributed by atoms with Crippen LogP contribution >= 0.6 is 0 Å². The number of ether oxygens (including phenoxy) is 1. The molecule has 1 aliphatic rings. The fraction of sp³-hybridized carbons (Fsp3) is 0.174. The molecule has 4 rings (SSSR count). The number of aryl methyl sites for hydroxylation is 1. The van der Waals surface area contributed by atoms with Gasteiger partial charge in [-0.3, -0.25) is 4.98 Å². The van der Waals surface area contributed by atoms with Gasteiger partial charge in [-0.15, -0.1) is 0 Å². The van der Waals surface area contributed by atoms with Crippen molar-refractivity contribution in [1.82, 2.24) is 4.98 Å². The lowest BCUT2D eigenvalue weighted by Gasteiger charge is -2.11. The van der Waals surface area contributed by atoms with Gasteiger partial charge in [-0.25, -0.2) is 4.79 Å². The Morgan fingerprint density at radius 1 is 1.18 bits per heavy atom.